The molecule has 2 saturated heterocycles. The molecule has 0 radical (unpaired) electrons. The molecule has 10 heteroatoms. The van der Waals surface area contributed by atoms with Crippen LogP contribution in [0.2, 0.25) is 0 Å². The molecule has 0 aromatic heterocycles. The van der Waals surface area contributed by atoms with Crippen LogP contribution in [0.4, 0.5) is 0 Å². The van der Waals surface area contributed by atoms with Gasteiger partial charge in [-0.1, -0.05) is 0 Å². The van der Waals surface area contributed by atoms with Crippen molar-refractivity contribution in [2.45, 2.75) is 0 Å². The molecule has 2 heterocycles. The Morgan fingerprint density at radius 3 is 1.19 bits per heavy atom. The Hall–Kier alpha value is -1.30. The van der Waals surface area contributed by atoms with E-state index in [0.717, 1.165) is 65.4 Å². The molecule has 2 N–H and O–H groups in total. The van der Waals surface area contributed by atoms with Crippen molar-refractivity contribution in [1.29, 1.82) is 0 Å². The van der Waals surface area contributed by atoms with Gasteiger partial charge in [0.1, 0.15) is 0 Å². The number of nitrogens with zero attached hydrogens (tertiary/aromatic N) is 6. The predicted molar refractivity (Wildman–Crippen MR) is 94.9 cm³/mol. The maximum absolute atomic E-state index is 11.8. The third-order valence-corrected chi connectivity index (χ3v) is 5.10. The van der Waals surface area contributed by atoms with E-state index in [1.54, 1.807) is 0 Å². The lowest BCUT2D eigenvalue weighted by Crippen LogP contribution is -2.46. The molecule has 0 aromatic carbocycles. The van der Waals surface area contributed by atoms with Gasteiger partial charge in [-0.25, -0.2) is 10.1 Å². The minimum atomic E-state index is -0.299. The second-order valence-electron chi connectivity index (χ2n) is 7.07. The molecule has 10 nitrogen and oxygen atoms in total. The first-order valence-corrected chi connectivity index (χ1v) is 9.15. The molecule has 26 heavy (non-hydrogen) atoms. The summed E-state index contributed by atoms with van der Waals surface area (Å²) in [6.45, 7) is 8.82. The Bertz CT molecular complexity index is 418. The minimum Gasteiger partial charge on any atom is -0.300 e. The van der Waals surface area contributed by atoms with Gasteiger partial charge < -0.3 is 0 Å². The van der Waals surface area contributed by atoms with E-state index in [4.69, 9.17) is 0 Å². The van der Waals surface area contributed by atoms with Crippen LogP contribution in [0, 0.1) is 0 Å². The van der Waals surface area contributed by atoms with E-state index in [0.29, 0.717) is 10.1 Å². The van der Waals surface area contributed by atoms with Crippen molar-refractivity contribution in [3.63, 3.8) is 0 Å². The third kappa shape index (κ3) is 6.78. The van der Waals surface area contributed by atoms with Gasteiger partial charge >= 0.3 is 0 Å². The van der Waals surface area contributed by atoms with Crippen molar-refractivity contribution in [2.24, 2.45) is 0 Å². The number of amides is 2. The lowest BCUT2D eigenvalue weighted by molar-refractivity contribution is -0.160. The fourth-order valence-corrected chi connectivity index (χ4v) is 3.21. The second-order valence-corrected chi connectivity index (χ2v) is 7.07. The second kappa shape index (κ2) is 10.1. The summed E-state index contributed by atoms with van der Waals surface area (Å²) in [5.74, 6) is -0.598. The van der Waals surface area contributed by atoms with Crippen molar-refractivity contribution >= 4 is 11.8 Å². The predicted octanol–water partition coefficient (Wildman–Crippen LogP) is -2.08. The van der Waals surface area contributed by atoms with E-state index >= 15 is 0 Å². The van der Waals surface area contributed by atoms with Crippen LogP contribution in [0.3, 0.4) is 0 Å². The number of hydrogen-bond acceptors (Lipinski definition) is 8. The fraction of sp³-hybridized carbons (Fsp3) is 0.875. The molecule has 0 spiro atoms. The first kappa shape index (κ1) is 21.0. The van der Waals surface area contributed by atoms with Crippen LogP contribution in [0.1, 0.15) is 0 Å². The molecule has 0 unspecified atom stereocenters. The molecule has 2 aliphatic rings. The molecule has 0 aliphatic carbocycles. The highest BCUT2D eigenvalue weighted by Gasteiger charge is 2.22. The highest BCUT2D eigenvalue weighted by Crippen LogP contribution is 2.05. The Morgan fingerprint density at radius 2 is 0.923 bits per heavy atom. The summed E-state index contributed by atoms with van der Waals surface area (Å²) in [5.41, 5.74) is 0. The van der Waals surface area contributed by atoms with Gasteiger partial charge in [-0.05, 0) is 0 Å². The van der Waals surface area contributed by atoms with E-state index in [1.165, 1.54) is 14.1 Å². The van der Waals surface area contributed by atoms with Crippen molar-refractivity contribution in [1.82, 2.24) is 29.7 Å². The van der Waals surface area contributed by atoms with Gasteiger partial charge in [0, 0.05) is 79.5 Å². The summed E-state index contributed by atoms with van der Waals surface area (Å²) in [6, 6.07) is 0. The van der Waals surface area contributed by atoms with Crippen LogP contribution in [0.15, 0.2) is 0 Å². The van der Waals surface area contributed by atoms with E-state index in [2.05, 4.69) is 19.6 Å². The summed E-state index contributed by atoms with van der Waals surface area (Å²) in [5, 5.41) is 19.9. The zero-order chi connectivity index (χ0) is 19.1. The van der Waals surface area contributed by atoms with E-state index in [1.807, 2.05) is 0 Å². The molecule has 2 amide bonds. The molecular formula is C16H32N6O4. The molecule has 2 fully saturated rings. The highest BCUT2D eigenvalue weighted by molar-refractivity contribution is 5.77. The van der Waals surface area contributed by atoms with Crippen LogP contribution in [0.25, 0.3) is 0 Å². The Kier molecular flexibility index (Phi) is 8.19. The van der Waals surface area contributed by atoms with Crippen molar-refractivity contribution in [2.75, 3.05) is 92.6 Å². The Balaban J connectivity index is 1.96. The fourth-order valence-electron chi connectivity index (χ4n) is 3.21. The van der Waals surface area contributed by atoms with Gasteiger partial charge in [0.2, 0.25) is 0 Å². The topological polar surface area (TPSA) is 94.0 Å². The number of carbonyl (C=O) groups excluding carboxylic acids is 2. The largest absolute Gasteiger partial charge is 0.300 e. The van der Waals surface area contributed by atoms with E-state index < -0.39 is 0 Å². The minimum absolute atomic E-state index is 0.220. The normalized spacial score (nSPS) is 26.0. The molecule has 0 atom stereocenters. The number of carbonyl (C=O) groups is 2. The maximum Gasteiger partial charge on any atom is 0.259 e. The lowest BCUT2D eigenvalue weighted by Gasteiger charge is -2.29. The third-order valence-electron chi connectivity index (χ3n) is 5.10. The van der Waals surface area contributed by atoms with Gasteiger partial charge in [-0.2, -0.15) is 0 Å². The summed E-state index contributed by atoms with van der Waals surface area (Å²) >= 11 is 0. The van der Waals surface area contributed by atoms with Crippen molar-refractivity contribution in [3.05, 3.63) is 0 Å². The zero-order valence-electron chi connectivity index (χ0n) is 15.9. The average molecular weight is 372 g/mol. The van der Waals surface area contributed by atoms with Gasteiger partial charge in [0.25, 0.3) is 11.8 Å². The Labute approximate surface area is 155 Å². The van der Waals surface area contributed by atoms with Crippen LogP contribution >= 0.6 is 0 Å². The monoisotopic (exact) mass is 372 g/mol. The SMILES string of the molecule is CN(O)C(=O)CN1CCN2CCN(CC1)CCN(CC(=O)N(C)O)CC2. The molecule has 2 aliphatic heterocycles. The summed E-state index contributed by atoms with van der Waals surface area (Å²) in [6.07, 6.45) is 0. The van der Waals surface area contributed by atoms with Crippen LogP contribution in [-0.4, -0.2) is 145 Å². The van der Waals surface area contributed by atoms with Crippen LogP contribution < -0.4 is 0 Å². The molecule has 150 valence electrons. The standard InChI is InChI=1S/C16H32N6O4/c1-17(25)15(23)13-21-9-5-19-3-4-20(6-10-21)8-12-22(11-7-19)14-16(24)18(2)26/h25-26H,3-14H2,1-2H3. The number of rotatable bonds is 4. The Morgan fingerprint density at radius 1 is 0.654 bits per heavy atom. The quantitative estimate of drug-likeness (QED) is 0.429. The number of hydrogen-bond donors (Lipinski definition) is 2. The first-order valence-electron chi connectivity index (χ1n) is 9.15. The molecule has 2 bridgehead atoms. The average Bonchev–Trinajstić information content (AvgIpc) is 2.74. The van der Waals surface area contributed by atoms with Crippen LogP contribution in [0.5, 0.6) is 0 Å². The zero-order valence-corrected chi connectivity index (χ0v) is 15.9. The molecule has 0 saturated carbocycles. The van der Waals surface area contributed by atoms with Gasteiger partial charge in [0.15, 0.2) is 0 Å². The van der Waals surface area contributed by atoms with Crippen molar-refractivity contribution < 1.29 is 20.0 Å². The van der Waals surface area contributed by atoms with Crippen molar-refractivity contribution in [3.8, 4) is 0 Å². The smallest absolute Gasteiger partial charge is 0.259 e. The highest BCUT2D eigenvalue weighted by atomic mass is 16.5. The molecule has 2 rings (SSSR count). The lowest BCUT2D eigenvalue weighted by atomic mass is 10.3. The summed E-state index contributed by atoms with van der Waals surface area (Å²) < 4.78 is 0. The van der Waals surface area contributed by atoms with Gasteiger partial charge in [0.05, 0.1) is 13.1 Å². The molecular weight excluding hydrogens is 340 g/mol. The van der Waals surface area contributed by atoms with E-state index in [-0.39, 0.29) is 24.9 Å². The number of likely N-dealkylation sites (N-methyl/N-ethyl adjacent to an activating group) is 2. The first-order chi connectivity index (χ1) is 12.3. The number of hydroxylamine groups is 4. The van der Waals surface area contributed by atoms with Gasteiger partial charge in [-0.3, -0.25) is 39.6 Å². The summed E-state index contributed by atoms with van der Waals surface area (Å²) in [7, 11) is 2.71. The summed E-state index contributed by atoms with van der Waals surface area (Å²) in [4.78, 5) is 32.5. The molecule has 0 aromatic rings. The maximum atomic E-state index is 11.8. The number of fused-ring (bicyclic) bond motifs is 3. The van der Waals surface area contributed by atoms with Crippen LogP contribution in [-0.2, 0) is 9.59 Å². The van der Waals surface area contributed by atoms with Gasteiger partial charge in [-0.15, -0.1) is 0 Å². The van der Waals surface area contributed by atoms with E-state index in [9.17, 15) is 20.0 Å².